The molecular weight excluding hydrogens is 244 g/mol. The fraction of sp³-hybridized carbons (Fsp3) is 0.0909. The fourth-order valence-electron chi connectivity index (χ4n) is 1.47. The third-order valence-electron chi connectivity index (χ3n) is 2.20. The number of carbonyl (C=O) groups is 2. The highest BCUT2D eigenvalue weighted by molar-refractivity contribution is 9.10. The molecule has 0 aromatic heterocycles. The van der Waals surface area contributed by atoms with Gasteiger partial charge in [0.2, 0.25) is 0 Å². The number of benzene rings is 1. The van der Waals surface area contributed by atoms with Crippen LogP contribution in [0.4, 0.5) is 0 Å². The lowest BCUT2D eigenvalue weighted by molar-refractivity contribution is 0.0984. The molecule has 70 valence electrons. The standard InChI is InChI=1S/C11H7BrO2/c1-6-4-10(13)9-5-7(12)2-3-8(9)11(6)14/h2-5H,1H3. The van der Waals surface area contributed by atoms with Gasteiger partial charge in [-0.1, -0.05) is 15.9 Å². The monoisotopic (exact) mass is 250 g/mol. The molecule has 0 radical (unpaired) electrons. The molecule has 2 rings (SSSR count). The van der Waals surface area contributed by atoms with Crippen molar-refractivity contribution < 1.29 is 9.59 Å². The van der Waals surface area contributed by atoms with Gasteiger partial charge >= 0.3 is 0 Å². The van der Waals surface area contributed by atoms with E-state index in [0.29, 0.717) is 16.7 Å². The van der Waals surface area contributed by atoms with Gasteiger partial charge in [-0.25, -0.2) is 0 Å². The van der Waals surface area contributed by atoms with E-state index in [1.54, 1.807) is 25.1 Å². The van der Waals surface area contributed by atoms with Gasteiger partial charge in [-0.05, 0) is 31.2 Å². The van der Waals surface area contributed by atoms with E-state index >= 15 is 0 Å². The van der Waals surface area contributed by atoms with Crippen LogP contribution in [0.1, 0.15) is 27.6 Å². The molecule has 0 aliphatic heterocycles. The Kier molecular flexibility index (Phi) is 2.11. The average Bonchev–Trinajstić information content (AvgIpc) is 2.14. The number of allylic oxidation sites excluding steroid dienone is 2. The zero-order valence-corrected chi connectivity index (χ0v) is 9.09. The molecule has 0 heterocycles. The van der Waals surface area contributed by atoms with Crippen molar-refractivity contribution in [2.24, 2.45) is 0 Å². The number of rotatable bonds is 0. The van der Waals surface area contributed by atoms with Crippen molar-refractivity contribution in [3.63, 3.8) is 0 Å². The third-order valence-corrected chi connectivity index (χ3v) is 2.69. The number of hydrogen-bond acceptors (Lipinski definition) is 2. The first kappa shape index (κ1) is 9.34. The van der Waals surface area contributed by atoms with E-state index in [0.717, 1.165) is 4.47 Å². The van der Waals surface area contributed by atoms with Gasteiger partial charge in [-0.3, -0.25) is 9.59 Å². The molecule has 2 nitrogen and oxygen atoms in total. The van der Waals surface area contributed by atoms with Gasteiger partial charge in [0.25, 0.3) is 0 Å². The molecule has 1 aliphatic carbocycles. The summed E-state index contributed by atoms with van der Waals surface area (Å²) in [5.41, 5.74) is 1.48. The van der Waals surface area contributed by atoms with Crippen LogP contribution >= 0.6 is 15.9 Å². The van der Waals surface area contributed by atoms with Crippen LogP contribution in [0.2, 0.25) is 0 Å². The quantitative estimate of drug-likeness (QED) is 0.710. The summed E-state index contributed by atoms with van der Waals surface area (Å²) >= 11 is 3.27. The van der Waals surface area contributed by atoms with Gasteiger partial charge in [0.05, 0.1) is 0 Å². The second-order valence-corrected chi connectivity index (χ2v) is 4.13. The van der Waals surface area contributed by atoms with E-state index in [4.69, 9.17) is 0 Å². The summed E-state index contributed by atoms with van der Waals surface area (Å²) in [6.07, 6.45) is 1.39. The van der Waals surface area contributed by atoms with Gasteiger partial charge in [0, 0.05) is 21.2 Å². The lowest BCUT2D eigenvalue weighted by Gasteiger charge is -2.12. The Morgan fingerprint density at radius 3 is 2.57 bits per heavy atom. The normalized spacial score (nSPS) is 15.1. The minimum Gasteiger partial charge on any atom is -0.289 e. The van der Waals surface area contributed by atoms with Crippen LogP contribution in [0.25, 0.3) is 0 Å². The second kappa shape index (κ2) is 3.17. The Bertz CT molecular complexity index is 472. The third kappa shape index (κ3) is 1.34. The van der Waals surface area contributed by atoms with Gasteiger partial charge in [0.1, 0.15) is 0 Å². The van der Waals surface area contributed by atoms with Crippen molar-refractivity contribution >= 4 is 27.5 Å². The fourth-order valence-corrected chi connectivity index (χ4v) is 1.83. The molecule has 14 heavy (non-hydrogen) atoms. The predicted molar refractivity (Wildman–Crippen MR) is 56.6 cm³/mol. The largest absolute Gasteiger partial charge is 0.289 e. The molecule has 0 unspecified atom stereocenters. The second-order valence-electron chi connectivity index (χ2n) is 3.21. The first-order valence-electron chi connectivity index (χ1n) is 4.16. The maximum Gasteiger partial charge on any atom is 0.189 e. The summed E-state index contributed by atoms with van der Waals surface area (Å²) in [6.45, 7) is 1.66. The number of halogens is 1. The Hall–Kier alpha value is -1.22. The molecule has 0 N–H and O–H groups in total. The lowest BCUT2D eigenvalue weighted by Crippen LogP contribution is -2.15. The minimum absolute atomic E-state index is 0.0629. The lowest BCUT2D eigenvalue weighted by atomic mass is 9.90. The predicted octanol–water partition coefficient (Wildman–Crippen LogP) is 2.77. The van der Waals surface area contributed by atoms with Gasteiger partial charge in [-0.2, -0.15) is 0 Å². The van der Waals surface area contributed by atoms with Crippen molar-refractivity contribution in [1.82, 2.24) is 0 Å². The number of ketones is 2. The number of Topliss-reactive ketones (excluding diaryl/α,β-unsaturated/α-hetero) is 1. The van der Waals surface area contributed by atoms with Crippen LogP contribution in [0.5, 0.6) is 0 Å². The molecular formula is C11H7BrO2. The average molecular weight is 251 g/mol. The highest BCUT2D eigenvalue weighted by atomic mass is 79.9. The summed E-state index contributed by atoms with van der Waals surface area (Å²) in [4.78, 5) is 23.2. The SMILES string of the molecule is CC1=CC(=O)c2cc(Br)ccc2C1=O. The van der Waals surface area contributed by atoms with Crippen LogP contribution in [0, 0.1) is 0 Å². The molecule has 0 bridgehead atoms. The van der Waals surface area contributed by atoms with Gasteiger partial charge in [0.15, 0.2) is 11.6 Å². The first-order chi connectivity index (χ1) is 6.59. The summed E-state index contributed by atoms with van der Waals surface area (Å²) in [5, 5.41) is 0. The summed E-state index contributed by atoms with van der Waals surface area (Å²) < 4.78 is 0.811. The molecule has 1 aromatic rings. The smallest absolute Gasteiger partial charge is 0.189 e. The summed E-state index contributed by atoms with van der Waals surface area (Å²) in [6, 6.07) is 5.12. The number of carbonyl (C=O) groups excluding carboxylic acids is 2. The van der Waals surface area contributed by atoms with Crippen molar-refractivity contribution in [2.75, 3.05) is 0 Å². The van der Waals surface area contributed by atoms with Crippen LogP contribution in [-0.2, 0) is 0 Å². The van der Waals surface area contributed by atoms with E-state index in [1.807, 2.05) is 0 Å². The van der Waals surface area contributed by atoms with E-state index in [1.165, 1.54) is 6.08 Å². The zero-order valence-electron chi connectivity index (χ0n) is 7.50. The number of fused-ring (bicyclic) bond motifs is 1. The van der Waals surface area contributed by atoms with Crippen LogP contribution in [0.15, 0.2) is 34.3 Å². The molecule has 0 saturated carbocycles. The maximum atomic E-state index is 11.6. The molecule has 3 heteroatoms. The van der Waals surface area contributed by atoms with Gasteiger partial charge < -0.3 is 0 Å². The van der Waals surface area contributed by atoms with E-state index in [-0.39, 0.29) is 11.6 Å². The molecule has 1 aromatic carbocycles. The van der Waals surface area contributed by atoms with Gasteiger partial charge in [-0.15, -0.1) is 0 Å². The highest BCUT2D eigenvalue weighted by Gasteiger charge is 2.22. The van der Waals surface area contributed by atoms with E-state index < -0.39 is 0 Å². The molecule has 0 fully saturated rings. The zero-order chi connectivity index (χ0) is 10.3. The molecule has 0 amide bonds. The van der Waals surface area contributed by atoms with Crippen LogP contribution in [-0.4, -0.2) is 11.6 Å². The topological polar surface area (TPSA) is 34.1 Å². The van der Waals surface area contributed by atoms with Crippen molar-refractivity contribution in [3.8, 4) is 0 Å². The van der Waals surface area contributed by atoms with Crippen LogP contribution in [0.3, 0.4) is 0 Å². The van der Waals surface area contributed by atoms with Crippen molar-refractivity contribution in [1.29, 1.82) is 0 Å². The molecule has 0 saturated heterocycles. The van der Waals surface area contributed by atoms with Crippen molar-refractivity contribution in [2.45, 2.75) is 6.92 Å². The van der Waals surface area contributed by atoms with Crippen LogP contribution < -0.4 is 0 Å². The maximum absolute atomic E-state index is 11.6. The Labute approximate surface area is 89.8 Å². The van der Waals surface area contributed by atoms with E-state index in [9.17, 15) is 9.59 Å². The minimum atomic E-state index is -0.0987. The number of hydrogen-bond donors (Lipinski definition) is 0. The highest BCUT2D eigenvalue weighted by Crippen LogP contribution is 2.24. The first-order valence-corrected chi connectivity index (χ1v) is 4.96. The van der Waals surface area contributed by atoms with Crippen molar-refractivity contribution in [3.05, 3.63) is 45.4 Å². The molecule has 1 aliphatic rings. The Balaban J connectivity index is 2.69. The molecule has 0 atom stereocenters. The summed E-state index contributed by atoms with van der Waals surface area (Å²) in [5.74, 6) is -0.162. The summed E-state index contributed by atoms with van der Waals surface area (Å²) in [7, 11) is 0. The Morgan fingerprint density at radius 2 is 1.86 bits per heavy atom. The Morgan fingerprint density at radius 1 is 1.14 bits per heavy atom. The molecule has 0 spiro atoms. The van der Waals surface area contributed by atoms with E-state index in [2.05, 4.69) is 15.9 Å².